The largest absolute Gasteiger partial charge is 0.459 e. The van der Waals surface area contributed by atoms with Crippen LogP contribution in [0.1, 0.15) is 48.5 Å². The lowest BCUT2D eigenvalue weighted by atomic mass is 9.83. The Hall–Kier alpha value is -1.35. The number of hydrogen-bond donors (Lipinski definition) is 0. The third-order valence-electron chi connectivity index (χ3n) is 6.36. The fraction of sp³-hybridized carbons (Fsp3) is 0.905. The third kappa shape index (κ3) is 5.66. The zero-order valence-electron chi connectivity index (χ0n) is 18.7. The molecule has 0 aromatic carbocycles. The molecule has 0 aliphatic carbocycles. The average Bonchev–Trinajstić information content (AvgIpc) is 2.67. The summed E-state index contributed by atoms with van der Waals surface area (Å²) in [7, 11) is 0. The van der Waals surface area contributed by atoms with Crippen LogP contribution in [0.25, 0.3) is 0 Å². The molecule has 0 aromatic rings. The Balaban J connectivity index is 0.00000101. The first-order chi connectivity index (χ1) is 14.1. The molecule has 0 spiro atoms. The molecule has 0 bridgehead atoms. The molecule has 3 aliphatic rings. The Bertz CT molecular complexity index is 603. The van der Waals surface area contributed by atoms with Gasteiger partial charge in [-0.2, -0.15) is 9.59 Å². The minimum atomic E-state index is -0.434. The van der Waals surface area contributed by atoms with E-state index in [2.05, 4.69) is 13.8 Å². The van der Waals surface area contributed by atoms with Crippen molar-refractivity contribution < 1.29 is 42.8 Å². The van der Waals surface area contributed by atoms with Gasteiger partial charge in [0.25, 0.3) is 0 Å². The first-order valence-electron chi connectivity index (χ1n) is 10.5. The zero-order chi connectivity index (χ0) is 22.6. The van der Waals surface area contributed by atoms with Crippen LogP contribution in [0.3, 0.4) is 0 Å². The predicted molar refractivity (Wildman–Crippen MR) is 102 cm³/mol. The number of fused-ring (bicyclic) bond motifs is 1. The van der Waals surface area contributed by atoms with Gasteiger partial charge in [-0.3, -0.25) is 4.79 Å². The van der Waals surface area contributed by atoms with Crippen LogP contribution in [0.2, 0.25) is 0 Å². The number of hydrogen-bond acceptors (Lipinski definition) is 9. The molecule has 30 heavy (non-hydrogen) atoms. The quantitative estimate of drug-likeness (QED) is 0.621. The summed E-state index contributed by atoms with van der Waals surface area (Å²) in [5.41, 5.74) is 0. The van der Waals surface area contributed by atoms with Gasteiger partial charge in [0, 0.05) is 18.8 Å². The van der Waals surface area contributed by atoms with Crippen molar-refractivity contribution in [1.29, 1.82) is 0 Å². The molecule has 3 rings (SSSR count). The smallest absolute Gasteiger partial charge is 0.373 e. The Morgan fingerprint density at radius 1 is 0.867 bits per heavy atom. The summed E-state index contributed by atoms with van der Waals surface area (Å²) >= 11 is 0. The van der Waals surface area contributed by atoms with Crippen molar-refractivity contribution >= 4 is 12.1 Å². The molecule has 9 heteroatoms. The number of rotatable bonds is 3. The van der Waals surface area contributed by atoms with Crippen LogP contribution in [0.4, 0.5) is 0 Å². The number of esters is 1. The fourth-order valence-corrected chi connectivity index (χ4v) is 4.33. The highest BCUT2D eigenvalue weighted by Gasteiger charge is 2.49. The topological polar surface area (TPSA) is 107 Å². The summed E-state index contributed by atoms with van der Waals surface area (Å²) < 4.78 is 35.8. The first-order valence-corrected chi connectivity index (χ1v) is 10.5. The van der Waals surface area contributed by atoms with Gasteiger partial charge in [-0.05, 0) is 26.7 Å². The van der Waals surface area contributed by atoms with Gasteiger partial charge in [0.05, 0.1) is 24.9 Å². The van der Waals surface area contributed by atoms with Crippen LogP contribution in [-0.2, 0) is 42.8 Å². The molecule has 0 aromatic heterocycles. The van der Waals surface area contributed by atoms with E-state index in [1.165, 1.54) is 6.92 Å². The van der Waals surface area contributed by atoms with Gasteiger partial charge < -0.3 is 28.4 Å². The molecule has 3 saturated heterocycles. The van der Waals surface area contributed by atoms with Gasteiger partial charge in [0.15, 0.2) is 12.6 Å². The van der Waals surface area contributed by atoms with Crippen LogP contribution in [-0.4, -0.2) is 67.9 Å². The molecule has 3 fully saturated rings. The highest BCUT2D eigenvalue weighted by Crippen LogP contribution is 2.39. The maximum Gasteiger partial charge on any atom is 0.373 e. The zero-order valence-corrected chi connectivity index (χ0v) is 18.7. The van der Waals surface area contributed by atoms with Gasteiger partial charge in [-0.25, -0.2) is 0 Å². The van der Waals surface area contributed by atoms with E-state index in [9.17, 15) is 4.79 Å². The van der Waals surface area contributed by atoms with Gasteiger partial charge >= 0.3 is 12.1 Å². The van der Waals surface area contributed by atoms with E-state index in [4.69, 9.17) is 38.0 Å². The van der Waals surface area contributed by atoms with E-state index in [-0.39, 0.29) is 72.8 Å². The van der Waals surface area contributed by atoms with Gasteiger partial charge in [-0.1, -0.05) is 20.8 Å². The Morgan fingerprint density at radius 2 is 1.50 bits per heavy atom. The lowest BCUT2D eigenvalue weighted by molar-refractivity contribution is -0.355. The predicted octanol–water partition coefficient (Wildman–Crippen LogP) is 1.92. The SMILES string of the molecule is CC(=O)O[C@H]1C(C)[C@H](C)OC(C)[C@H]1O[C@@H]1OC2COC(C)O[C@H]2[C@H](C)C1C.O=C=O. The van der Waals surface area contributed by atoms with Crippen LogP contribution < -0.4 is 0 Å². The molecular formula is C21H34O9. The molecule has 0 saturated carbocycles. The Morgan fingerprint density at radius 3 is 2.10 bits per heavy atom. The van der Waals surface area contributed by atoms with E-state index >= 15 is 0 Å². The van der Waals surface area contributed by atoms with Crippen LogP contribution in [0.5, 0.6) is 0 Å². The molecule has 9 nitrogen and oxygen atoms in total. The molecule has 0 radical (unpaired) electrons. The van der Waals surface area contributed by atoms with Crippen LogP contribution in [0.15, 0.2) is 0 Å². The van der Waals surface area contributed by atoms with Crippen molar-refractivity contribution in [2.24, 2.45) is 17.8 Å². The van der Waals surface area contributed by atoms with Gasteiger partial charge in [-0.15, -0.1) is 0 Å². The van der Waals surface area contributed by atoms with Gasteiger partial charge in [0.2, 0.25) is 0 Å². The maximum atomic E-state index is 11.7. The molecule has 172 valence electrons. The average molecular weight is 430 g/mol. The second kappa shape index (κ2) is 10.8. The molecule has 0 N–H and O–H groups in total. The molecule has 5 unspecified atom stereocenters. The minimum absolute atomic E-state index is 0.00755. The monoisotopic (exact) mass is 430 g/mol. The Kier molecular flexibility index (Phi) is 8.97. The maximum absolute atomic E-state index is 11.7. The number of carbonyl (C=O) groups excluding carboxylic acids is 3. The highest BCUT2D eigenvalue weighted by atomic mass is 16.7. The third-order valence-corrected chi connectivity index (χ3v) is 6.36. The lowest BCUT2D eigenvalue weighted by Gasteiger charge is -2.50. The second-order valence-corrected chi connectivity index (χ2v) is 8.43. The minimum Gasteiger partial charge on any atom is -0.459 e. The summed E-state index contributed by atoms with van der Waals surface area (Å²) in [4.78, 5) is 27.9. The molecular weight excluding hydrogens is 396 g/mol. The number of carbonyl (C=O) groups is 1. The van der Waals surface area contributed by atoms with Gasteiger partial charge in [0.1, 0.15) is 18.3 Å². The van der Waals surface area contributed by atoms with E-state index < -0.39 is 6.29 Å². The summed E-state index contributed by atoms with van der Waals surface area (Å²) in [6.45, 7) is 14.1. The normalized spacial score (nSPS) is 45.9. The summed E-state index contributed by atoms with van der Waals surface area (Å²) in [5.74, 6) is 0.0945. The van der Waals surface area contributed by atoms with Crippen molar-refractivity contribution in [3.63, 3.8) is 0 Å². The van der Waals surface area contributed by atoms with Crippen molar-refractivity contribution in [3.05, 3.63) is 0 Å². The van der Waals surface area contributed by atoms with E-state index in [0.717, 1.165) is 0 Å². The van der Waals surface area contributed by atoms with Crippen LogP contribution in [0, 0.1) is 17.8 Å². The molecule has 3 heterocycles. The molecule has 11 atom stereocenters. The lowest BCUT2D eigenvalue weighted by Crippen LogP contribution is -2.60. The Labute approximate surface area is 177 Å². The molecule has 3 aliphatic heterocycles. The van der Waals surface area contributed by atoms with Crippen molar-refractivity contribution in [2.45, 2.75) is 97.7 Å². The van der Waals surface area contributed by atoms with E-state index in [1.807, 2.05) is 27.7 Å². The van der Waals surface area contributed by atoms with Crippen molar-refractivity contribution in [3.8, 4) is 0 Å². The summed E-state index contributed by atoms with van der Waals surface area (Å²) in [6.07, 6.45) is -1.56. The van der Waals surface area contributed by atoms with Crippen molar-refractivity contribution in [1.82, 2.24) is 0 Å². The van der Waals surface area contributed by atoms with Crippen molar-refractivity contribution in [2.75, 3.05) is 6.61 Å². The number of ether oxygens (including phenoxy) is 6. The highest BCUT2D eigenvalue weighted by molar-refractivity contribution is 5.66. The first kappa shape index (κ1) is 24.9. The van der Waals surface area contributed by atoms with Crippen LogP contribution >= 0.6 is 0 Å². The molecule has 0 amide bonds. The standard InChI is InChI=1S/C20H34O7.CO2/c1-9-10(2)20(26-16-8-22-15(7)25-17(9)16)27-19-13(5)23-12(4)11(3)18(19)24-14(6)21;2-1-3/h9-13,15-20H,8H2,1-7H3;/t9-,10?,11?,12+,13?,15?,16?,17+,18+,19-,20+;/m1./s1. The second-order valence-electron chi connectivity index (χ2n) is 8.43. The van der Waals surface area contributed by atoms with E-state index in [0.29, 0.717) is 6.61 Å². The summed E-state index contributed by atoms with van der Waals surface area (Å²) in [5, 5.41) is 0. The summed E-state index contributed by atoms with van der Waals surface area (Å²) in [6, 6.07) is 0. The van der Waals surface area contributed by atoms with E-state index in [1.54, 1.807) is 0 Å². The fourth-order valence-electron chi connectivity index (χ4n) is 4.33.